The molecule has 0 bridgehead atoms. The van der Waals surface area contributed by atoms with Crippen molar-refractivity contribution in [1.82, 2.24) is 9.62 Å². The molecule has 0 radical (unpaired) electrons. The zero-order chi connectivity index (χ0) is 22.5. The first kappa shape index (κ1) is 24.0. The van der Waals surface area contributed by atoms with E-state index in [1.165, 1.54) is 28.6 Å². The van der Waals surface area contributed by atoms with Crippen LogP contribution in [0.2, 0.25) is 0 Å². The van der Waals surface area contributed by atoms with Gasteiger partial charge < -0.3 is 10.1 Å². The van der Waals surface area contributed by atoms with Crippen LogP contribution in [0.25, 0.3) is 0 Å². The molecule has 1 heterocycles. The van der Waals surface area contributed by atoms with E-state index in [1.54, 1.807) is 0 Å². The Morgan fingerprint density at radius 3 is 2.16 bits per heavy atom. The molecule has 1 amide bonds. The van der Waals surface area contributed by atoms with E-state index in [4.69, 9.17) is 4.74 Å². The Hall–Kier alpha value is -1.69. The molecule has 1 aliphatic carbocycles. The molecule has 0 spiro atoms. The van der Waals surface area contributed by atoms with Crippen molar-refractivity contribution in [3.8, 4) is 0 Å². The van der Waals surface area contributed by atoms with Gasteiger partial charge in [0.15, 0.2) is 0 Å². The Labute approximate surface area is 184 Å². The van der Waals surface area contributed by atoms with Crippen molar-refractivity contribution in [3.05, 3.63) is 24.3 Å². The summed E-state index contributed by atoms with van der Waals surface area (Å²) in [5.41, 5.74) is 0.249. The van der Waals surface area contributed by atoms with Crippen molar-refractivity contribution < 1.29 is 26.4 Å². The van der Waals surface area contributed by atoms with E-state index >= 15 is 0 Å². The first-order valence-corrected chi connectivity index (χ1v) is 13.9. The number of benzene rings is 1. The van der Waals surface area contributed by atoms with Gasteiger partial charge in [-0.3, -0.25) is 9.10 Å². The van der Waals surface area contributed by atoms with E-state index in [2.05, 4.69) is 5.32 Å². The van der Waals surface area contributed by atoms with Gasteiger partial charge in [-0.25, -0.2) is 16.8 Å². The summed E-state index contributed by atoms with van der Waals surface area (Å²) in [6.07, 6.45) is 7.25. The number of anilines is 1. The second-order valence-electron chi connectivity index (χ2n) is 8.04. The Morgan fingerprint density at radius 2 is 1.61 bits per heavy atom. The van der Waals surface area contributed by atoms with Crippen LogP contribution in [-0.2, 0) is 29.6 Å². The average Bonchev–Trinajstić information content (AvgIpc) is 3.00. The number of sulfonamides is 2. The summed E-state index contributed by atoms with van der Waals surface area (Å²) < 4.78 is 57.8. The molecule has 2 aliphatic rings. The molecule has 0 unspecified atom stereocenters. The minimum Gasteiger partial charge on any atom is -0.379 e. The molecular formula is C20H31N3O6S2. The number of nitrogens with zero attached hydrogens (tertiary/aromatic N) is 2. The first-order valence-electron chi connectivity index (χ1n) is 10.6. The Balaban J connectivity index is 1.72. The summed E-state index contributed by atoms with van der Waals surface area (Å²) in [7, 11) is -7.41. The molecule has 0 atom stereocenters. The summed E-state index contributed by atoms with van der Waals surface area (Å²) in [5, 5.41) is 2.95. The largest absolute Gasteiger partial charge is 0.379 e. The van der Waals surface area contributed by atoms with Crippen LogP contribution in [-0.4, -0.2) is 72.2 Å². The molecule has 1 aromatic carbocycles. The molecule has 11 heteroatoms. The predicted octanol–water partition coefficient (Wildman–Crippen LogP) is 1.31. The van der Waals surface area contributed by atoms with Gasteiger partial charge in [0, 0.05) is 19.1 Å². The standard InChI is InChI=1S/C20H31N3O6S2/c1-30(25,26)23(16-20(24)21-17-6-4-2-3-5-7-17)18-8-10-19(11-9-18)31(27,28)22-12-14-29-15-13-22/h8-11,17H,2-7,12-16H2,1H3,(H,21,24). The van der Waals surface area contributed by atoms with E-state index in [9.17, 15) is 21.6 Å². The minimum absolute atomic E-state index is 0.0671. The van der Waals surface area contributed by atoms with Crippen molar-refractivity contribution in [2.45, 2.75) is 49.5 Å². The van der Waals surface area contributed by atoms with Crippen LogP contribution in [0.15, 0.2) is 29.2 Å². The summed E-state index contributed by atoms with van der Waals surface area (Å²) >= 11 is 0. The summed E-state index contributed by atoms with van der Waals surface area (Å²) in [4.78, 5) is 12.6. The monoisotopic (exact) mass is 473 g/mol. The molecule has 1 aliphatic heterocycles. The number of hydrogen-bond donors (Lipinski definition) is 1. The second-order valence-corrected chi connectivity index (χ2v) is 11.9. The van der Waals surface area contributed by atoms with Crippen LogP contribution in [0.4, 0.5) is 5.69 Å². The molecule has 2 fully saturated rings. The molecule has 1 N–H and O–H groups in total. The molecule has 9 nitrogen and oxygen atoms in total. The summed E-state index contributed by atoms with van der Waals surface area (Å²) in [6.45, 7) is 0.900. The van der Waals surface area contributed by atoms with E-state index in [1.807, 2.05) is 0 Å². The molecule has 0 aromatic heterocycles. The van der Waals surface area contributed by atoms with E-state index in [0.717, 1.165) is 49.1 Å². The van der Waals surface area contributed by atoms with Crippen LogP contribution in [0.1, 0.15) is 38.5 Å². The van der Waals surface area contributed by atoms with Gasteiger partial charge in [-0.05, 0) is 37.1 Å². The third kappa shape index (κ3) is 6.41. The normalized spacial score (nSPS) is 19.5. The Kier molecular flexibility index (Phi) is 7.95. The lowest BCUT2D eigenvalue weighted by Crippen LogP contribution is -2.44. The molecule has 1 saturated heterocycles. The number of ether oxygens (including phenoxy) is 1. The Morgan fingerprint density at radius 1 is 1.03 bits per heavy atom. The summed E-state index contributed by atoms with van der Waals surface area (Å²) in [6, 6.07) is 5.67. The van der Waals surface area contributed by atoms with Crippen molar-refractivity contribution in [2.24, 2.45) is 0 Å². The number of amides is 1. The van der Waals surface area contributed by atoms with Crippen LogP contribution < -0.4 is 9.62 Å². The number of carbonyl (C=O) groups excluding carboxylic acids is 1. The van der Waals surface area contributed by atoms with E-state index < -0.39 is 20.0 Å². The summed E-state index contributed by atoms with van der Waals surface area (Å²) in [5.74, 6) is -0.359. The minimum atomic E-state index is -3.73. The maximum absolute atomic E-state index is 12.8. The SMILES string of the molecule is CS(=O)(=O)N(CC(=O)NC1CCCCCC1)c1ccc(S(=O)(=O)N2CCOCC2)cc1. The second kappa shape index (κ2) is 10.3. The van der Waals surface area contributed by atoms with Gasteiger partial charge in [-0.15, -0.1) is 0 Å². The van der Waals surface area contributed by atoms with Crippen LogP contribution in [0.3, 0.4) is 0 Å². The quantitative estimate of drug-likeness (QED) is 0.598. The van der Waals surface area contributed by atoms with Crippen molar-refractivity contribution in [3.63, 3.8) is 0 Å². The highest BCUT2D eigenvalue weighted by Gasteiger charge is 2.27. The van der Waals surface area contributed by atoms with Gasteiger partial charge in [0.25, 0.3) is 0 Å². The highest BCUT2D eigenvalue weighted by molar-refractivity contribution is 7.92. The number of rotatable bonds is 7. The maximum Gasteiger partial charge on any atom is 0.243 e. The van der Waals surface area contributed by atoms with Crippen molar-refractivity contribution >= 4 is 31.6 Å². The Bertz CT molecular complexity index is 949. The molecule has 31 heavy (non-hydrogen) atoms. The molecule has 1 aromatic rings. The molecule has 174 valence electrons. The maximum atomic E-state index is 12.8. The van der Waals surface area contributed by atoms with Gasteiger partial charge in [0.05, 0.1) is 30.1 Å². The number of morpholine rings is 1. The molecule has 1 saturated carbocycles. The lowest BCUT2D eigenvalue weighted by molar-refractivity contribution is -0.120. The van der Waals surface area contributed by atoms with Gasteiger partial charge >= 0.3 is 0 Å². The van der Waals surface area contributed by atoms with Crippen LogP contribution >= 0.6 is 0 Å². The fraction of sp³-hybridized carbons (Fsp3) is 0.650. The fourth-order valence-corrected chi connectivity index (χ4v) is 6.21. The smallest absolute Gasteiger partial charge is 0.243 e. The zero-order valence-electron chi connectivity index (χ0n) is 17.8. The topological polar surface area (TPSA) is 113 Å². The average molecular weight is 474 g/mol. The number of nitrogens with one attached hydrogen (secondary N) is 1. The van der Waals surface area contributed by atoms with Crippen LogP contribution in [0.5, 0.6) is 0 Å². The molecule has 3 rings (SSSR count). The first-order chi connectivity index (χ1) is 14.7. The molecular weight excluding hydrogens is 442 g/mol. The van der Waals surface area contributed by atoms with Crippen molar-refractivity contribution in [2.75, 3.05) is 43.4 Å². The lowest BCUT2D eigenvalue weighted by Gasteiger charge is -2.27. The highest BCUT2D eigenvalue weighted by Crippen LogP contribution is 2.23. The van der Waals surface area contributed by atoms with Crippen LogP contribution in [0, 0.1) is 0 Å². The lowest BCUT2D eigenvalue weighted by atomic mass is 10.1. The highest BCUT2D eigenvalue weighted by atomic mass is 32.2. The third-order valence-electron chi connectivity index (χ3n) is 5.64. The van der Waals surface area contributed by atoms with E-state index in [0.29, 0.717) is 13.2 Å². The zero-order valence-corrected chi connectivity index (χ0v) is 19.5. The van der Waals surface area contributed by atoms with Crippen molar-refractivity contribution in [1.29, 1.82) is 0 Å². The predicted molar refractivity (Wildman–Crippen MR) is 118 cm³/mol. The third-order valence-corrected chi connectivity index (χ3v) is 8.69. The number of carbonyl (C=O) groups is 1. The van der Waals surface area contributed by atoms with E-state index in [-0.39, 0.29) is 42.2 Å². The van der Waals surface area contributed by atoms with Gasteiger partial charge in [-0.2, -0.15) is 4.31 Å². The van der Waals surface area contributed by atoms with Gasteiger partial charge in [0.2, 0.25) is 26.0 Å². The fourth-order valence-electron chi connectivity index (χ4n) is 3.95. The van der Waals surface area contributed by atoms with Gasteiger partial charge in [0.1, 0.15) is 6.54 Å². The van der Waals surface area contributed by atoms with Gasteiger partial charge in [-0.1, -0.05) is 25.7 Å². The number of hydrogen-bond acceptors (Lipinski definition) is 6.